The second kappa shape index (κ2) is 11.3. The molecule has 2 saturated heterocycles. The minimum absolute atomic E-state index is 0.0483. The predicted molar refractivity (Wildman–Crippen MR) is 114 cm³/mol. The van der Waals surface area contributed by atoms with Crippen molar-refractivity contribution >= 4 is 23.4 Å². The number of morpholine rings is 1. The van der Waals surface area contributed by atoms with E-state index in [2.05, 4.69) is 11.0 Å². The minimum atomic E-state index is -0.224. The van der Waals surface area contributed by atoms with E-state index in [1.54, 1.807) is 34.1 Å². The highest BCUT2D eigenvalue weighted by Gasteiger charge is 2.31. The Morgan fingerprint density at radius 3 is 2.60 bits per heavy atom. The molecule has 0 aliphatic carbocycles. The fourth-order valence-electron chi connectivity index (χ4n) is 4.00. The maximum atomic E-state index is 13.2. The van der Waals surface area contributed by atoms with Gasteiger partial charge < -0.3 is 14.5 Å². The van der Waals surface area contributed by atoms with Crippen LogP contribution in [0.3, 0.4) is 0 Å². The van der Waals surface area contributed by atoms with Gasteiger partial charge in [-0.3, -0.25) is 14.5 Å². The van der Waals surface area contributed by atoms with Crippen molar-refractivity contribution in [2.75, 3.05) is 59.0 Å². The summed E-state index contributed by atoms with van der Waals surface area (Å²) in [7, 11) is 0. The topological polar surface area (TPSA) is 76.9 Å². The number of carbonyl (C=O) groups is 2. The Labute approximate surface area is 183 Å². The highest BCUT2D eigenvalue weighted by Crippen LogP contribution is 2.22. The zero-order valence-electron chi connectivity index (χ0n) is 17.3. The molecule has 1 aromatic rings. The molecule has 1 aromatic carbocycles. The number of hydrogen-bond acceptors (Lipinski definition) is 5. The molecule has 2 aliphatic rings. The minimum Gasteiger partial charge on any atom is -0.379 e. The molecule has 2 heterocycles. The van der Waals surface area contributed by atoms with Crippen LogP contribution in [0.4, 0.5) is 0 Å². The van der Waals surface area contributed by atoms with Crippen molar-refractivity contribution in [2.24, 2.45) is 5.92 Å². The molecule has 3 rings (SSSR count). The molecule has 7 nitrogen and oxygen atoms in total. The van der Waals surface area contributed by atoms with Crippen LogP contribution >= 0.6 is 11.6 Å². The van der Waals surface area contributed by atoms with Gasteiger partial charge in [0.2, 0.25) is 5.91 Å². The average Bonchev–Trinajstić information content (AvgIpc) is 2.79. The summed E-state index contributed by atoms with van der Waals surface area (Å²) >= 11 is 5.92. The number of hydrogen-bond donors (Lipinski definition) is 0. The van der Waals surface area contributed by atoms with Gasteiger partial charge in [-0.25, -0.2) is 0 Å². The van der Waals surface area contributed by atoms with Gasteiger partial charge in [0.1, 0.15) is 0 Å². The molecule has 0 radical (unpaired) electrons. The first-order valence-corrected chi connectivity index (χ1v) is 11.0. The van der Waals surface area contributed by atoms with Crippen LogP contribution in [-0.4, -0.2) is 85.5 Å². The summed E-state index contributed by atoms with van der Waals surface area (Å²) in [6, 6.07) is 8.99. The zero-order chi connectivity index (χ0) is 21.3. The summed E-state index contributed by atoms with van der Waals surface area (Å²) in [4.78, 5) is 31.9. The molecule has 0 saturated carbocycles. The van der Waals surface area contributed by atoms with Crippen LogP contribution in [0.25, 0.3) is 0 Å². The van der Waals surface area contributed by atoms with Crippen molar-refractivity contribution in [2.45, 2.75) is 19.3 Å². The molecule has 162 valence electrons. The van der Waals surface area contributed by atoms with Gasteiger partial charge in [-0.2, -0.15) is 5.26 Å². The lowest BCUT2D eigenvalue weighted by Gasteiger charge is -2.36. The number of carbonyl (C=O) groups excluding carboxylic acids is 2. The van der Waals surface area contributed by atoms with E-state index < -0.39 is 0 Å². The molecule has 0 spiro atoms. The normalized spacial score (nSPS) is 19.9. The van der Waals surface area contributed by atoms with Gasteiger partial charge in [0, 0.05) is 56.4 Å². The molecule has 2 aliphatic heterocycles. The van der Waals surface area contributed by atoms with Crippen LogP contribution in [0.1, 0.15) is 29.6 Å². The molecule has 0 bridgehead atoms. The Hall–Kier alpha value is -2.14. The van der Waals surface area contributed by atoms with Crippen LogP contribution < -0.4 is 0 Å². The summed E-state index contributed by atoms with van der Waals surface area (Å²) in [5.74, 6) is -0.244. The lowest BCUT2D eigenvalue weighted by atomic mass is 9.95. The Balaban J connectivity index is 1.60. The van der Waals surface area contributed by atoms with Crippen LogP contribution in [0, 0.1) is 17.2 Å². The first kappa shape index (κ1) is 22.5. The van der Waals surface area contributed by atoms with E-state index in [0.717, 1.165) is 45.7 Å². The van der Waals surface area contributed by atoms with E-state index in [-0.39, 0.29) is 17.7 Å². The van der Waals surface area contributed by atoms with Gasteiger partial charge >= 0.3 is 0 Å². The van der Waals surface area contributed by atoms with E-state index in [0.29, 0.717) is 43.2 Å². The number of benzene rings is 1. The average molecular weight is 433 g/mol. The highest BCUT2D eigenvalue weighted by atomic mass is 35.5. The number of rotatable bonds is 7. The van der Waals surface area contributed by atoms with E-state index >= 15 is 0 Å². The zero-order valence-corrected chi connectivity index (χ0v) is 18.0. The molecule has 1 atom stereocenters. The van der Waals surface area contributed by atoms with Crippen molar-refractivity contribution < 1.29 is 14.3 Å². The summed E-state index contributed by atoms with van der Waals surface area (Å²) in [5.41, 5.74) is 0.584. The molecule has 30 heavy (non-hydrogen) atoms. The number of amides is 2. The molecule has 0 N–H and O–H groups in total. The third kappa shape index (κ3) is 6.18. The molecule has 8 heteroatoms. The number of ether oxygens (including phenoxy) is 1. The summed E-state index contributed by atoms with van der Waals surface area (Å²) < 4.78 is 5.38. The smallest absolute Gasteiger partial charge is 0.253 e. The first-order chi connectivity index (χ1) is 14.6. The Bertz CT molecular complexity index is 759. The quantitative estimate of drug-likeness (QED) is 0.660. The van der Waals surface area contributed by atoms with Gasteiger partial charge in [-0.05, 0) is 37.1 Å². The molecular weight excluding hydrogens is 404 g/mol. The van der Waals surface area contributed by atoms with Crippen molar-refractivity contribution in [3.05, 3.63) is 34.9 Å². The van der Waals surface area contributed by atoms with Gasteiger partial charge in [-0.1, -0.05) is 11.6 Å². The van der Waals surface area contributed by atoms with Crippen molar-refractivity contribution in [1.29, 1.82) is 5.26 Å². The third-order valence-corrected chi connectivity index (χ3v) is 6.00. The molecule has 1 unspecified atom stereocenters. The lowest BCUT2D eigenvalue weighted by molar-refractivity contribution is -0.137. The van der Waals surface area contributed by atoms with Gasteiger partial charge in [0.05, 0.1) is 31.6 Å². The summed E-state index contributed by atoms with van der Waals surface area (Å²) in [6.45, 7) is 6.05. The Kier molecular flexibility index (Phi) is 8.50. The van der Waals surface area contributed by atoms with Crippen molar-refractivity contribution in [3.8, 4) is 6.07 Å². The van der Waals surface area contributed by atoms with Gasteiger partial charge in [0.25, 0.3) is 5.91 Å². The number of halogens is 1. The molecule has 2 fully saturated rings. The van der Waals surface area contributed by atoms with Crippen molar-refractivity contribution in [1.82, 2.24) is 14.7 Å². The monoisotopic (exact) mass is 432 g/mol. The molecular formula is C22H29ClN4O3. The maximum absolute atomic E-state index is 13.2. The standard InChI is InChI=1S/C22H29ClN4O3/c23-20-6-4-18(5-7-20)21(28)27-9-1-3-19(17-27)22(29)26(10-2-8-24)12-11-25-13-15-30-16-14-25/h4-7,19H,1-3,9-17H2. The van der Waals surface area contributed by atoms with Crippen LogP contribution in [0.15, 0.2) is 24.3 Å². The van der Waals surface area contributed by atoms with Gasteiger partial charge in [-0.15, -0.1) is 0 Å². The fourth-order valence-corrected chi connectivity index (χ4v) is 4.13. The van der Waals surface area contributed by atoms with E-state index in [1.165, 1.54) is 0 Å². The molecule has 0 aromatic heterocycles. The molecule has 2 amide bonds. The maximum Gasteiger partial charge on any atom is 0.253 e. The van der Waals surface area contributed by atoms with Crippen LogP contribution in [0.5, 0.6) is 0 Å². The Morgan fingerprint density at radius 1 is 1.17 bits per heavy atom. The van der Waals surface area contributed by atoms with Crippen molar-refractivity contribution in [3.63, 3.8) is 0 Å². The number of likely N-dealkylation sites (tertiary alicyclic amines) is 1. The SMILES string of the molecule is N#CCCN(CCN1CCOCC1)C(=O)C1CCCN(C(=O)c2ccc(Cl)cc2)C1. The second-order valence-corrected chi connectivity index (χ2v) is 8.22. The van der Waals surface area contributed by atoms with Gasteiger partial charge in [0.15, 0.2) is 0 Å². The number of nitrogens with zero attached hydrogens (tertiary/aromatic N) is 4. The van der Waals surface area contributed by atoms with Crippen LogP contribution in [-0.2, 0) is 9.53 Å². The van der Waals surface area contributed by atoms with E-state index in [1.807, 2.05) is 0 Å². The first-order valence-electron chi connectivity index (χ1n) is 10.6. The Morgan fingerprint density at radius 2 is 1.90 bits per heavy atom. The van der Waals surface area contributed by atoms with E-state index in [4.69, 9.17) is 21.6 Å². The third-order valence-electron chi connectivity index (χ3n) is 5.74. The van der Waals surface area contributed by atoms with E-state index in [9.17, 15) is 9.59 Å². The number of nitriles is 1. The second-order valence-electron chi connectivity index (χ2n) is 7.78. The summed E-state index contributed by atoms with van der Waals surface area (Å²) in [6.07, 6.45) is 1.88. The highest BCUT2D eigenvalue weighted by molar-refractivity contribution is 6.30. The fraction of sp³-hybridized carbons (Fsp3) is 0.591. The predicted octanol–water partition coefficient (Wildman–Crippen LogP) is 2.27. The summed E-state index contributed by atoms with van der Waals surface area (Å²) in [5, 5.41) is 9.60. The lowest BCUT2D eigenvalue weighted by Crippen LogP contribution is -2.49. The number of piperidine rings is 1. The largest absolute Gasteiger partial charge is 0.379 e. The van der Waals surface area contributed by atoms with Crippen LogP contribution in [0.2, 0.25) is 5.02 Å².